The number of carbonyl (C=O) groups is 1. The van der Waals surface area contributed by atoms with Crippen molar-refractivity contribution in [1.82, 2.24) is 10.6 Å². The number of rotatable bonds is 7. The predicted molar refractivity (Wildman–Crippen MR) is 92.7 cm³/mol. The fraction of sp³-hybridized carbons (Fsp3) is 0.882. The highest BCUT2D eigenvalue weighted by Gasteiger charge is 2.16. The van der Waals surface area contributed by atoms with Crippen LogP contribution in [-0.2, 0) is 14.3 Å². The summed E-state index contributed by atoms with van der Waals surface area (Å²) in [6.45, 7) is 7.19. The van der Waals surface area contributed by atoms with Crippen molar-refractivity contribution in [2.75, 3.05) is 26.7 Å². The Balaban J connectivity index is 2.08. The Kier molecular flexibility index (Phi) is 8.99. The van der Waals surface area contributed by atoms with Gasteiger partial charge in [0.25, 0.3) is 0 Å². The van der Waals surface area contributed by atoms with Gasteiger partial charge in [-0.15, -0.1) is 0 Å². The van der Waals surface area contributed by atoms with Gasteiger partial charge in [-0.3, -0.25) is 9.79 Å². The minimum Gasteiger partial charge on any atom is -0.459 e. The predicted octanol–water partition coefficient (Wildman–Crippen LogP) is 2.23. The van der Waals surface area contributed by atoms with Crippen molar-refractivity contribution in [3.05, 3.63) is 0 Å². The topological polar surface area (TPSA) is 72.0 Å². The number of carbonyl (C=O) groups excluding carboxylic acids is 1. The second kappa shape index (κ2) is 10.5. The number of nitrogens with zero attached hydrogens (tertiary/aromatic N) is 1. The molecule has 0 aromatic heterocycles. The number of hydrogen-bond donors (Lipinski definition) is 2. The average Bonchev–Trinajstić information content (AvgIpc) is 2.49. The number of nitrogens with one attached hydrogen (secondary N) is 2. The third-order valence-corrected chi connectivity index (χ3v) is 3.56. The van der Waals surface area contributed by atoms with Gasteiger partial charge in [-0.1, -0.05) is 19.3 Å². The first kappa shape index (κ1) is 19.7. The molecule has 0 aliphatic heterocycles. The molecular formula is C17H33N3O3. The van der Waals surface area contributed by atoms with Gasteiger partial charge in [0.15, 0.2) is 5.96 Å². The number of aliphatic imine (C=N–C) groups is 1. The largest absolute Gasteiger partial charge is 0.459 e. The zero-order valence-electron chi connectivity index (χ0n) is 15.1. The number of hydrogen-bond acceptors (Lipinski definition) is 4. The van der Waals surface area contributed by atoms with Crippen LogP contribution in [0.5, 0.6) is 0 Å². The summed E-state index contributed by atoms with van der Waals surface area (Å²) in [5.41, 5.74) is -0.466. The smallest absolute Gasteiger partial charge is 0.325 e. The summed E-state index contributed by atoms with van der Waals surface area (Å²) in [5, 5.41) is 6.13. The van der Waals surface area contributed by atoms with E-state index in [1.807, 2.05) is 20.8 Å². The molecular weight excluding hydrogens is 294 g/mol. The van der Waals surface area contributed by atoms with Crippen molar-refractivity contribution in [3.63, 3.8) is 0 Å². The van der Waals surface area contributed by atoms with Crippen LogP contribution in [0.2, 0.25) is 0 Å². The molecule has 1 rings (SSSR count). The van der Waals surface area contributed by atoms with E-state index in [1.165, 1.54) is 32.1 Å². The standard InChI is InChI=1S/C17H33N3O3/c1-17(2,3)23-15(21)13-20-16(18-4)19-11-8-12-22-14-9-6-5-7-10-14/h14H,5-13H2,1-4H3,(H2,18,19,20). The quantitative estimate of drug-likeness (QED) is 0.325. The summed E-state index contributed by atoms with van der Waals surface area (Å²) in [6.07, 6.45) is 7.71. The van der Waals surface area contributed by atoms with Crippen LogP contribution in [0.25, 0.3) is 0 Å². The summed E-state index contributed by atoms with van der Waals surface area (Å²) < 4.78 is 11.1. The van der Waals surface area contributed by atoms with Crippen molar-refractivity contribution < 1.29 is 14.3 Å². The van der Waals surface area contributed by atoms with Gasteiger partial charge in [-0.25, -0.2) is 0 Å². The first-order valence-electron chi connectivity index (χ1n) is 8.68. The molecule has 0 radical (unpaired) electrons. The molecule has 0 aromatic rings. The Labute approximate surface area is 140 Å². The zero-order valence-corrected chi connectivity index (χ0v) is 15.1. The van der Waals surface area contributed by atoms with Crippen LogP contribution in [-0.4, -0.2) is 50.4 Å². The van der Waals surface area contributed by atoms with Crippen molar-refractivity contribution in [3.8, 4) is 0 Å². The molecule has 6 heteroatoms. The van der Waals surface area contributed by atoms with Crippen LogP contribution < -0.4 is 10.6 Å². The van der Waals surface area contributed by atoms with E-state index in [1.54, 1.807) is 7.05 Å². The van der Waals surface area contributed by atoms with E-state index in [4.69, 9.17) is 9.47 Å². The summed E-state index contributed by atoms with van der Waals surface area (Å²) in [7, 11) is 1.68. The lowest BCUT2D eigenvalue weighted by Crippen LogP contribution is -2.42. The minimum atomic E-state index is -0.466. The first-order valence-corrected chi connectivity index (χ1v) is 8.68. The number of esters is 1. The lowest BCUT2D eigenvalue weighted by Gasteiger charge is -2.22. The second-order valence-electron chi connectivity index (χ2n) is 6.92. The van der Waals surface area contributed by atoms with Crippen molar-refractivity contribution in [1.29, 1.82) is 0 Å². The van der Waals surface area contributed by atoms with Gasteiger partial charge in [-0.05, 0) is 40.0 Å². The molecule has 2 N–H and O–H groups in total. The summed E-state index contributed by atoms with van der Waals surface area (Å²) in [5.74, 6) is 0.314. The maximum absolute atomic E-state index is 11.6. The molecule has 0 aromatic carbocycles. The SMILES string of the molecule is CN=C(NCCCOC1CCCCC1)NCC(=O)OC(C)(C)C. The first-order chi connectivity index (χ1) is 10.9. The van der Waals surface area contributed by atoms with Crippen LogP contribution in [0.1, 0.15) is 59.3 Å². The van der Waals surface area contributed by atoms with E-state index in [9.17, 15) is 4.79 Å². The molecule has 0 heterocycles. The highest BCUT2D eigenvalue weighted by atomic mass is 16.6. The minimum absolute atomic E-state index is 0.107. The second-order valence-corrected chi connectivity index (χ2v) is 6.92. The molecule has 0 atom stereocenters. The van der Waals surface area contributed by atoms with Gasteiger partial charge in [-0.2, -0.15) is 0 Å². The van der Waals surface area contributed by atoms with Gasteiger partial charge >= 0.3 is 5.97 Å². The molecule has 0 unspecified atom stereocenters. The molecule has 134 valence electrons. The molecule has 1 fully saturated rings. The molecule has 1 saturated carbocycles. The summed E-state index contributed by atoms with van der Waals surface area (Å²) >= 11 is 0. The fourth-order valence-corrected chi connectivity index (χ4v) is 2.51. The Bertz CT molecular complexity index is 372. The van der Waals surface area contributed by atoms with E-state index in [0.717, 1.165) is 19.6 Å². The van der Waals surface area contributed by atoms with Gasteiger partial charge in [0.1, 0.15) is 12.1 Å². The third kappa shape index (κ3) is 10.2. The summed E-state index contributed by atoms with van der Waals surface area (Å²) in [4.78, 5) is 15.7. The van der Waals surface area contributed by atoms with Crippen molar-refractivity contribution in [2.24, 2.45) is 4.99 Å². The van der Waals surface area contributed by atoms with Gasteiger partial charge in [0, 0.05) is 20.2 Å². The average molecular weight is 327 g/mol. The van der Waals surface area contributed by atoms with Crippen molar-refractivity contribution >= 4 is 11.9 Å². The Morgan fingerprint density at radius 3 is 2.48 bits per heavy atom. The van der Waals surface area contributed by atoms with E-state index in [-0.39, 0.29) is 12.5 Å². The van der Waals surface area contributed by atoms with E-state index in [2.05, 4.69) is 15.6 Å². The molecule has 1 aliphatic rings. The van der Waals surface area contributed by atoms with E-state index in [0.29, 0.717) is 12.1 Å². The highest BCUT2D eigenvalue weighted by molar-refractivity contribution is 5.84. The lowest BCUT2D eigenvalue weighted by molar-refractivity contribution is -0.153. The van der Waals surface area contributed by atoms with Crippen LogP contribution >= 0.6 is 0 Å². The summed E-state index contributed by atoms with van der Waals surface area (Å²) in [6, 6.07) is 0. The molecule has 0 bridgehead atoms. The van der Waals surface area contributed by atoms with Gasteiger partial charge in [0.2, 0.25) is 0 Å². The number of guanidine groups is 1. The number of ether oxygens (including phenoxy) is 2. The molecule has 0 saturated heterocycles. The van der Waals surface area contributed by atoms with E-state index >= 15 is 0 Å². The van der Waals surface area contributed by atoms with E-state index < -0.39 is 5.60 Å². The molecule has 23 heavy (non-hydrogen) atoms. The fourth-order valence-electron chi connectivity index (χ4n) is 2.51. The maximum atomic E-state index is 11.6. The zero-order chi connectivity index (χ0) is 17.1. The van der Waals surface area contributed by atoms with Gasteiger partial charge in [0.05, 0.1) is 6.10 Å². The maximum Gasteiger partial charge on any atom is 0.325 e. The van der Waals surface area contributed by atoms with Gasteiger partial charge < -0.3 is 20.1 Å². The van der Waals surface area contributed by atoms with Crippen LogP contribution in [0.15, 0.2) is 4.99 Å². The molecule has 0 amide bonds. The lowest BCUT2D eigenvalue weighted by atomic mass is 9.98. The van der Waals surface area contributed by atoms with Crippen molar-refractivity contribution in [2.45, 2.75) is 71.0 Å². The molecule has 1 aliphatic carbocycles. The third-order valence-electron chi connectivity index (χ3n) is 3.56. The Morgan fingerprint density at radius 1 is 1.17 bits per heavy atom. The highest BCUT2D eigenvalue weighted by Crippen LogP contribution is 2.20. The Hall–Kier alpha value is -1.30. The van der Waals surface area contributed by atoms with Crippen LogP contribution in [0.3, 0.4) is 0 Å². The molecule has 6 nitrogen and oxygen atoms in total. The Morgan fingerprint density at radius 2 is 1.87 bits per heavy atom. The normalized spacial score (nSPS) is 17.0. The van der Waals surface area contributed by atoms with Crippen LogP contribution in [0, 0.1) is 0 Å². The van der Waals surface area contributed by atoms with Crippen LogP contribution in [0.4, 0.5) is 0 Å². The monoisotopic (exact) mass is 327 g/mol. The molecule has 0 spiro atoms.